The number of carbonyl (C=O) groups is 1. The molecule has 3 N–H and O–H groups in total. The smallest absolute Gasteiger partial charge is 0.251 e. The van der Waals surface area contributed by atoms with E-state index >= 15 is 0 Å². The molecule has 1 amide bonds. The van der Waals surface area contributed by atoms with E-state index in [1.165, 1.54) is 12.5 Å². The summed E-state index contributed by atoms with van der Waals surface area (Å²) in [5, 5.41) is 8.16. The van der Waals surface area contributed by atoms with Crippen molar-refractivity contribution in [2.45, 2.75) is 50.5 Å². The zero-order valence-corrected chi connectivity index (χ0v) is 13.2. The molecule has 2 atom stereocenters. The highest BCUT2D eigenvalue weighted by molar-refractivity contribution is 7.89. The average Bonchev–Trinajstić information content (AvgIpc) is 2.37. The van der Waals surface area contributed by atoms with Gasteiger partial charge in [0, 0.05) is 11.6 Å². The second-order valence-corrected chi connectivity index (χ2v) is 7.50. The van der Waals surface area contributed by atoms with Crippen molar-refractivity contribution in [3.63, 3.8) is 0 Å². The van der Waals surface area contributed by atoms with Crippen molar-refractivity contribution in [3.8, 4) is 0 Å². The van der Waals surface area contributed by atoms with Crippen LogP contribution in [0.5, 0.6) is 0 Å². The van der Waals surface area contributed by atoms with Gasteiger partial charge in [-0.3, -0.25) is 4.79 Å². The number of nitrogens with one attached hydrogen (secondary N) is 1. The van der Waals surface area contributed by atoms with Crippen LogP contribution in [-0.2, 0) is 10.0 Å². The minimum atomic E-state index is -3.81. The maximum atomic E-state index is 12.3. The van der Waals surface area contributed by atoms with E-state index in [2.05, 4.69) is 12.2 Å². The molecule has 2 unspecified atom stereocenters. The van der Waals surface area contributed by atoms with Crippen LogP contribution in [0.4, 0.5) is 0 Å². The zero-order valence-electron chi connectivity index (χ0n) is 12.4. The van der Waals surface area contributed by atoms with Gasteiger partial charge in [0.2, 0.25) is 10.0 Å². The largest absolute Gasteiger partial charge is 0.349 e. The maximum absolute atomic E-state index is 12.3. The Morgan fingerprint density at radius 2 is 2.05 bits per heavy atom. The molecule has 5 nitrogen and oxygen atoms in total. The third-order valence-electron chi connectivity index (χ3n) is 4.03. The standard InChI is InChI=1S/C15H22N2O3S/c1-10-4-3-5-13(8-10)17-15(18)12-7-6-11(2)14(9-12)21(16,19)20/h6-7,9-10,13H,3-5,8H2,1-2H3,(H,17,18)(H2,16,19,20). The minimum Gasteiger partial charge on any atom is -0.349 e. The van der Waals surface area contributed by atoms with E-state index in [1.54, 1.807) is 19.1 Å². The summed E-state index contributed by atoms with van der Waals surface area (Å²) in [4.78, 5) is 12.3. The number of nitrogens with two attached hydrogens (primary N) is 1. The van der Waals surface area contributed by atoms with Crippen LogP contribution < -0.4 is 10.5 Å². The number of amides is 1. The van der Waals surface area contributed by atoms with Gasteiger partial charge in [0.1, 0.15) is 0 Å². The molecular weight excluding hydrogens is 288 g/mol. The molecule has 0 bridgehead atoms. The summed E-state index contributed by atoms with van der Waals surface area (Å²) >= 11 is 0. The Morgan fingerprint density at radius 1 is 1.33 bits per heavy atom. The van der Waals surface area contributed by atoms with Crippen molar-refractivity contribution in [2.24, 2.45) is 11.1 Å². The minimum absolute atomic E-state index is 0.00663. The summed E-state index contributed by atoms with van der Waals surface area (Å²) in [6.07, 6.45) is 4.26. The van der Waals surface area contributed by atoms with Crippen LogP contribution in [0.1, 0.15) is 48.5 Å². The Hall–Kier alpha value is -1.40. The first kappa shape index (κ1) is 16.0. The van der Waals surface area contributed by atoms with E-state index in [4.69, 9.17) is 5.14 Å². The van der Waals surface area contributed by atoms with Crippen LogP contribution in [0.3, 0.4) is 0 Å². The first-order valence-electron chi connectivity index (χ1n) is 7.21. The third kappa shape index (κ3) is 4.04. The van der Waals surface area contributed by atoms with Gasteiger partial charge >= 0.3 is 0 Å². The van der Waals surface area contributed by atoms with Crippen molar-refractivity contribution in [3.05, 3.63) is 29.3 Å². The number of benzene rings is 1. The summed E-state index contributed by atoms with van der Waals surface area (Å²) in [6.45, 7) is 3.84. The fourth-order valence-electron chi connectivity index (χ4n) is 2.88. The predicted octanol–water partition coefficient (Wildman–Crippen LogP) is 1.95. The molecule has 116 valence electrons. The number of aryl methyl sites for hydroxylation is 1. The molecule has 0 aromatic heterocycles. The van der Waals surface area contributed by atoms with Gasteiger partial charge in [0.25, 0.3) is 5.91 Å². The van der Waals surface area contributed by atoms with Gasteiger partial charge in [-0.25, -0.2) is 13.6 Å². The van der Waals surface area contributed by atoms with E-state index in [1.807, 2.05) is 0 Å². The molecule has 0 heterocycles. The van der Waals surface area contributed by atoms with Crippen LogP contribution >= 0.6 is 0 Å². The van der Waals surface area contributed by atoms with Crippen molar-refractivity contribution in [1.82, 2.24) is 5.32 Å². The molecule has 1 aliphatic rings. The molecule has 0 spiro atoms. The molecule has 0 saturated heterocycles. The van der Waals surface area contributed by atoms with Gasteiger partial charge in [0.05, 0.1) is 4.90 Å². The lowest BCUT2D eigenvalue weighted by Gasteiger charge is -2.27. The van der Waals surface area contributed by atoms with Gasteiger partial charge in [-0.05, 0) is 43.4 Å². The lowest BCUT2D eigenvalue weighted by Crippen LogP contribution is -2.38. The topological polar surface area (TPSA) is 89.3 Å². The Bertz CT molecular complexity index is 640. The summed E-state index contributed by atoms with van der Waals surface area (Å²) in [5.41, 5.74) is 0.878. The van der Waals surface area contributed by atoms with Gasteiger partial charge in [-0.1, -0.05) is 25.8 Å². The Kier molecular flexibility index (Phi) is 4.68. The zero-order chi connectivity index (χ0) is 15.6. The van der Waals surface area contributed by atoms with E-state index in [-0.39, 0.29) is 16.8 Å². The molecular formula is C15H22N2O3S. The van der Waals surface area contributed by atoms with Crippen molar-refractivity contribution < 1.29 is 13.2 Å². The molecule has 1 aromatic carbocycles. The summed E-state index contributed by atoms with van der Waals surface area (Å²) in [5.74, 6) is 0.376. The van der Waals surface area contributed by atoms with Crippen molar-refractivity contribution in [2.75, 3.05) is 0 Å². The summed E-state index contributed by atoms with van der Waals surface area (Å²) in [6, 6.07) is 4.76. The SMILES string of the molecule is Cc1ccc(C(=O)NC2CCCC(C)C2)cc1S(N)(=O)=O. The fourth-order valence-corrected chi connectivity index (χ4v) is 3.69. The normalized spacial score (nSPS) is 22.8. The molecule has 1 saturated carbocycles. The Morgan fingerprint density at radius 3 is 2.67 bits per heavy atom. The highest BCUT2D eigenvalue weighted by Crippen LogP contribution is 2.24. The molecule has 21 heavy (non-hydrogen) atoms. The second kappa shape index (κ2) is 6.15. The number of hydrogen-bond acceptors (Lipinski definition) is 3. The van der Waals surface area contributed by atoms with Crippen LogP contribution in [0.15, 0.2) is 23.1 Å². The van der Waals surface area contributed by atoms with Crippen LogP contribution in [0.25, 0.3) is 0 Å². The Balaban J connectivity index is 2.16. The van der Waals surface area contributed by atoms with Gasteiger partial charge < -0.3 is 5.32 Å². The highest BCUT2D eigenvalue weighted by Gasteiger charge is 2.22. The fraction of sp³-hybridized carbons (Fsp3) is 0.533. The summed E-state index contributed by atoms with van der Waals surface area (Å²) < 4.78 is 23.0. The van der Waals surface area contributed by atoms with Crippen molar-refractivity contribution in [1.29, 1.82) is 0 Å². The lowest BCUT2D eigenvalue weighted by molar-refractivity contribution is 0.0921. The van der Waals surface area contributed by atoms with Crippen LogP contribution in [-0.4, -0.2) is 20.4 Å². The monoisotopic (exact) mass is 310 g/mol. The number of primary sulfonamides is 1. The van der Waals surface area contributed by atoms with Crippen LogP contribution in [0.2, 0.25) is 0 Å². The van der Waals surface area contributed by atoms with Crippen LogP contribution in [0, 0.1) is 12.8 Å². The molecule has 6 heteroatoms. The lowest BCUT2D eigenvalue weighted by atomic mass is 9.87. The van der Waals surface area contributed by atoms with E-state index < -0.39 is 10.0 Å². The quantitative estimate of drug-likeness (QED) is 0.894. The molecule has 0 radical (unpaired) electrons. The number of hydrogen-bond donors (Lipinski definition) is 2. The molecule has 1 aliphatic carbocycles. The molecule has 2 rings (SSSR count). The first-order valence-corrected chi connectivity index (χ1v) is 8.76. The van der Waals surface area contributed by atoms with Crippen molar-refractivity contribution >= 4 is 15.9 Å². The summed E-state index contributed by atoms with van der Waals surface area (Å²) in [7, 11) is -3.81. The van der Waals surface area contributed by atoms with Gasteiger partial charge in [-0.15, -0.1) is 0 Å². The molecule has 0 aliphatic heterocycles. The first-order chi connectivity index (χ1) is 9.77. The number of carbonyl (C=O) groups excluding carboxylic acids is 1. The number of sulfonamides is 1. The maximum Gasteiger partial charge on any atom is 0.251 e. The Labute approximate surface area is 126 Å². The van der Waals surface area contributed by atoms with Gasteiger partial charge in [0.15, 0.2) is 0 Å². The second-order valence-electron chi connectivity index (χ2n) is 5.97. The third-order valence-corrected chi connectivity index (χ3v) is 5.08. The van der Waals surface area contributed by atoms with E-state index in [0.29, 0.717) is 17.0 Å². The predicted molar refractivity (Wildman–Crippen MR) is 81.4 cm³/mol. The van der Waals surface area contributed by atoms with E-state index in [0.717, 1.165) is 19.3 Å². The highest BCUT2D eigenvalue weighted by atomic mass is 32.2. The van der Waals surface area contributed by atoms with Gasteiger partial charge in [-0.2, -0.15) is 0 Å². The van der Waals surface area contributed by atoms with E-state index in [9.17, 15) is 13.2 Å². The number of rotatable bonds is 3. The molecule has 1 aromatic rings. The average molecular weight is 310 g/mol. The molecule has 1 fully saturated rings.